The maximum absolute atomic E-state index is 13.9. The number of aryl methyl sites for hydroxylation is 1. The number of benzene rings is 3. The van der Waals surface area contributed by atoms with Crippen LogP contribution >= 0.6 is 11.3 Å². The molecule has 9 heteroatoms. The van der Waals surface area contributed by atoms with Crippen molar-refractivity contribution in [2.24, 2.45) is 0 Å². The van der Waals surface area contributed by atoms with Crippen LogP contribution in [0, 0.1) is 12.7 Å². The van der Waals surface area contributed by atoms with Gasteiger partial charge >= 0.3 is 6.03 Å². The van der Waals surface area contributed by atoms with Gasteiger partial charge < -0.3 is 20.4 Å². The second-order valence-electron chi connectivity index (χ2n) is 9.88. The van der Waals surface area contributed by atoms with E-state index in [0.717, 1.165) is 32.6 Å². The molecular weight excluding hydrogens is 537 g/mol. The minimum atomic E-state index is -0.462. The Labute approximate surface area is 241 Å². The number of urea groups is 1. The number of fused-ring (bicyclic) bond motifs is 1. The van der Waals surface area contributed by atoms with E-state index in [1.165, 1.54) is 23.5 Å². The zero-order valence-corrected chi connectivity index (χ0v) is 23.2. The molecule has 0 unspecified atom stereocenters. The van der Waals surface area contributed by atoms with Gasteiger partial charge in [-0.25, -0.2) is 14.2 Å². The number of hydrogen-bond acceptors (Lipinski definition) is 5. The summed E-state index contributed by atoms with van der Waals surface area (Å²) in [5.74, 6) is 0.146. The fourth-order valence-electron chi connectivity index (χ4n) is 4.98. The van der Waals surface area contributed by atoms with Gasteiger partial charge in [-0.3, -0.25) is 4.79 Å². The van der Waals surface area contributed by atoms with Crippen molar-refractivity contribution in [3.8, 4) is 11.1 Å². The number of carbonyl (C=O) groups is 2. The number of rotatable bonds is 5. The van der Waals surface area contributed by atoms with Crippen molar-refractivity contribution >= 4 is 50.6 Å². The second-order valence-corrected chi connectivity index (χ2v) is 10.9. The van der Waals surface area contributed by atoms with Gasteiger partial charge in [0.1, 0.15) is 11.6 Å². The van der Waals surface area contributed by atoms with Gasteiger partial charge in [-0.15, -0.1) is 11.3 Å². The van der Waals surface area contributed by atoms with E-state index in [9.17, 15) is 14.0 Å². The molecule has 41 heavy (non-hydrogen) atoms. The van der Waals surface area contributed by atoms with Crippen molar-refractivity contribution in [2.45, 2.75) is 6.92 Å². The summed E-state index contributed by atoms with van der Waals surface area (Å²) >= 11 is 1.49. The van der Waals surface area contributed by atoms with Crippen LogP contribution in [0.4, 0.5) is 26.4 Å². The predicted molar refractivity (Wildman–Crippen MR) is 163 cm³/mol. The molecule has 3 aromatic carbocycles. The highest BCUT2D eigenvalue weighted by atomic mass is 32.1. The number of carbonyl (C=O) groups excluding carboxylic acids is 2. The Balaban J connectivity index is 1.07. The highest BCUT2D eigenvalue weighted by Gasteiger charge is 2.23. The first-order chi connectivity index (χ1) is 20.0. The lowest BCUT2D eigenvalue weighted by Crippen LogP contribution is -2.50. The SMILES string of the molecule is Cc1c(C(=O)Nc2ccc(N3CCN(C(=O)Nc4ccccc4F)CC3)nc2)sc2ccc(-c3ccccc3)cc12. The number of hydrogen-bond donors (Lipinski definition) is 2. The first-order valence-corrected chi connectivity index (χ1v) is 14.2. The molecule has 3 amide bonds. The number of pyridine rings is 1. The molecule has 206 valence electrons. The molecule has 1 fully saturated rings. The van der Waals surface area contributed by atoms with E-state index in [1.54, 1.807) is 23.2 Å². The number of piperazine rings is 1. The summed E-state index contributed by atoms with van der Waals surface area (Å²) in [6.45, 7) is 4.14. The van der Waals surface area contributed by atoms with Crippen molar-refractivity contribution in [2.75, 3.05) is 41.7 Å². The number of para-hydroxylation sites is 1. The number of halogens is 1. The molecule has 0 spiro atoms. The summed E-state index contributed by atoms with van der Waals surface area (Å²) in [6, 6.07) is 26.0. The largest absolute Gasteiger partial charge is 0.353 e. The van der Waals surface area contributed by atoms with Gasteiger partial charge in [0.05, 0.1) is 22.4 Å². The minimum absolute atomic E-state index is 0.158. The monoisotopic (exact) mass is 565 g/mol. The molecule has 0 aliphatic carbocycles. The fourth-order valence-corrected chi connectivity index (χ4v) is 6.06. The van der Waals surface area contributed by atoms with Gasteiger partial charge in [0.2, 0.25) is 0 Å². The Morgan fingerprint density at radius 3 is 2.34 bits per heavy atom. The number of nitrogens with zero attached hydrogens (tertiary/aromatic N) is 3. The molecule has 1 aliphatic rings. The average molecular weight is 566 g/mol. The summed E-state index contributed by atoms with van der Waals surface area (Å²) in [6.07, 6.45) is 1.65. The average Bonchev–Trinajstić information content (AvgIpc) is 3.35. The van der Waals surface area contributed by atoms with Crippen LogP contribution in [0.2, 0.25) is 0 Å². The third-order valence-electron chi connectivity index (χ3n) is 7.26. The molecule has 0 radical (unpaired) electrons. The van der Waals surface area contributed by atoms with Crippen LogP contribution in [0.3, 0.4) is 0 Å². The molecule has 7 nitrogen and oxygen atoms in total. The number of amides is 3. The second kappa shape index (κ2) is 11.4. The predicted octanol–water partition coefficient (Wildman–Crippen LogP) is 7.02. The number of nitrogens with one attached hydrogen (secondary N) is 2. The summed E-state index contributed by atoms with van der Waals surface area (Å²) < 4.78 is 14.9. The first kappa shape index (κ1) is 26.5. The van der Waals surface area contributed by atoms with Crippen LogP contribution in [-0.4, -0.2) is 48.0 Å². The first-order valence-electron chi connectivity index (χ1n) is 13.4. The topological polar surface area (TPSA) is 77.6 Å². The molecule has 0 atom stereocenters. The van der Waals surface area contributed by atoms with Crippen molar-refractivity contribution in [3.63, 3.8) is 0 Å². The Morgan fingerprint density at radius 1 is 0.854 bits per heavy atom. The van der Waals surface area contributed by atoms with Crippen LogP contribution in [0.25, 0.3) is 21.2 Å². The molecule has 6 rings (SSSR count). The highest BCUT2D eigenvalue weighted by Crippen LogP contribution is 2.34. The van der Waals surface area contributed by atoms with E-state index in [4.69, 9.17) is 0 Å². The third-order valence-corrected chi connectivity index (χ3v) is 8.53. The van der Waals surface area contributed by atoms with Crippen LogP contribution in [0.1, 0.15) is 15.2 Å². The summed E-state index contributed by atoms with van der Waals surface area (Å²) in [5.41, 5.74) is 4.01. The Hall–Kier alpha value is -4.76. The van der Waals surface area contributed by atoms with E-state index < -0.39 is 5.82 Å². The van der Waals surface area contributed by atoms with Crippen LogP contribution in [0.15, 0.2) is 91.1 Å². The van der Waals surface area contributed by atoms with E-state index in [2.05, 4.69) is 50.8 Å². The lowest BCUT2D eigenvalue weighted by molar-refractivity contribution is 0.103. The van der Waals surface area contributed by atoms with Gasteiger partial charge in [-0.05, 0) is 65.4 Å². The van der Waals surface area contributed by atoms with Crippen molar-refractivity contribution in [1.29, 1.82) is 0 Å². The van der Waals surface area contributed by atoms with Gasteiger partial charge in [-0.1, -0.05) is 48.5 Å². The molecule has 3 heterocycles. The summed E-state index contributed by atoms with van der Waals surface area (Å²) in [5, 5.41) is 6.70. The normalized spacial score (nSPS) is 13.3. The standard InChI is InChI=1S/C32H28FN5O2S/c1-21-25-19-23(22-7-3-2-4-8-22)11-13-28(25)41-30(21)31(39)35-24-12-14-29(34-20-24)37-15-17-38(18-16-37)32(40)36-27-10-6-5-9-26(27)33/h2-14,19-20H,15-18H2,1H3,(H,35,39)(H,36,40). The van der Waals surface area contributed by atoms with Gasteiger partial charge in [0, 0.05) is 30.9 Å². The number of anilines is 3. The minimum Gasteiger partial charge on any atom is -0.353 e. The molecular formula is C32H28FN5O2S. The molecule has 5 aromatic rings. The van der Waals surface area contributed by atoms with E-state index in [0.29, 0.717) is 36.7 Å². The van der Waals surface area contributed by atoms with Gasteiger partial charge in [-0.2, -0.15) is 0 Å². The number of thiophene rings is 1. The molecule has 1 aliphatic heterocycles. The van der Waals surface area contributed by atoms with Crippen LogP contribution in [-0.2, 0) is 0 Å². The van der Waals surface area contributed by atoms with Gasteiger partial charge in [0.15, 0.2) is 0 Å². The van der Waals surface area contributed by atoms with Gasteiger partial charge in [0.25, 0.3) is 5.91 Å². The zero-order valence-electron chi connectivity index (χ0n) is 22.4. The molecule has 0 saturated carbocycles. The smallest absolute Gasteiger partial charge is 0.322 e. The summed E-state index contributed by atoms with van der Waals surface area (Å²) in [4.78, 5) is 34.7. The molecule has 2 aromatic heterocycles. The van der Waals surface area contributed by atoms with Crippen molar-refractivity contribution in [1.82, 2.24) is 9.88 Å². The lowest BCUT2D eigenvalue weighted by Gasteiger charge is -2.35. The van der Waals surface area contributed by atoms with Crippen LogP contribution in [0.5, 0.6) is 0 Å². The summed E-state index contributed by atoms with van der Waals surface area (Å²) in [7, 11) is 0. The fraction of sp³-hybridized carbons (Fsp3) is 0.156. The van der Waals surface area contributed by atoms with E-state index >= 15 is 0 Å². The Bertz CT molecular complexity index is 1710. The lowest BCUT2D eigenvalue weighted by atomic mass is 10.0. The van der Waals surface area contributed by atoms with Crippen molar-refractivity contribution in [3.05, 3.63) is 107 Å². The Morgan fingerprint density at radius 2 is 1.61 bits per heavy atom. The zero-order chi connectivity index (χ0) is 28.3. The van der Waals surface area contributed by atoms with E-state index in [-0.39, 0.29) is 17.6 Å². The van der Waals surface area contributed by atoms with Crippen LogP contribution < -0.4 is 15.5 Å². The maximum atomic E-state index is 13.9. The van der Waals surface area contributed by atoms with Crippen molar-refractivity contribution < 1.29 is 14.0 Å². The molecule has 0 bridgehead atoms. The highest BCUT2D eigenvalue weighted by molar-refractivity contribution is 7.21. The number of aromatic nitrogens is 1. The quantitative estimate of drug-likeness (QED) is 0.240. The molecule has 2 N–H and O–H groups in total. The maximum Gasteiger partial charge on any atom is 0.322 e. The Kier molecular flexibility index (Phi) is 7.35. The third kappa shape index (κ3) is 5.62. The molecule has 1 saturated heterocycles. The van der Waals surface area contributed by atoms with E-state index in [1.807, 2.05) is 37.3 Å².